The fraction of sp³-hybridized carbons (Fsp3) is 0.500. The summed E-state index contributed by atoms with van der Waals surface area (Å²) in [7, 11) is 0. The Morgan fingerprint density at radius 2 is 2.10 bits per heavy atom. The van der Waals surface area contributed by atoms with Gasteiger partial charge < -0.3 is 15.2 Å². The van der Waals surface area contributed by atoms with Crippen LogP contribution in [0.5, 0.6) is 5.75 Å². The lowest BCUT2D eigenvalue weighted by Gasteiger charge is -2.20. The lowest BCUT2D eigenvalue weighted by atomic mass is 10.1. The Labute approximate surface area is 132 Å². The summed E-state index contributed by atoms with van der Waals surface area (Å²) in [6.07, 6.45) is -0.584. The lowest BCUT2D eigenvalue weighted by molar-refractivity contribution is -0.128. The van der Waals surface area contributed by atoms with Crippen LogP contribution in [0, 0.1) is 0 Å². The highest BCUT2D eigenvalue weighted by Gasteiger charge is 2.18. The molecule has 0 saturated carbocycles. The van der Waals surface area contributed by atoms with E-state index in [0.29, 0.717) is 21.7 Å². The molecule has 4 nitrogen and oxygen atoms in total. The van der Waals surface area contributed by atoms with Crippen molar-refractivity contribution in [3.05, 3.63) is 27.7 Å². The van der Waals surface area contributed by atoms with Crippen LogP contribution in [0.4, 0.5) is 0 Å². The van der Waals surface area contributed by atoms with Gasteiger partial charge in [0.05, 0.1) is 10.6 Å². The van der Waals surface area contributed by atoms with Gasteiger partial charge in [0.2, 0.25) is 0 Å². The Balaban J connectivity index is 2.57. The first-order chi connectivity index (χ1) is 9.29. The third-order valence-corrected chi connectivity index (χ3v) is 3.51. The number of halogens is 2. The molecule has 0 bridgehead atoms. The molecule has 2 N–H and O–H groups in total. The lowest BCUT2D eigenvalue weighted by Crippen LogP contribution is -2.42. The van der Waals surface area contributed by atoms with Crippen molar-refractivity contribution in [1.29, 1.82) is 0 Å². The molecule has 1 aromatic carbocycles. The van der Waals surface area contributed by atoms with Crippen LogP contribution >= 0.6 is 27.5 Å². The molecule has 6 heteroatoms. The Kier molecular flexibility index (Phi) is 6.79. The van der Waals surface area contributed by atoms with Crippen LogP contribution in [0.25, 0.3) is 0 Å². The van der Waals surface area contributed by atoms with Crippen molar-refractivity contribution in [2.75, 3.05) is 0 Å². The Morgan fingerprint density at radius 1 is 1.45 bits per heavy atom. The van der Waals surface area contributed by atoms with E-state index in [0.717, 1.165) is 0 Å². The maximum Gasteiger partial charge on any atom is 0.260 e. The zero-order valence-corrected chi connectivity index (χ0v) is 14.0. The van der Waals surface area contributed by atoms with Gasteiger partial charge >= 0.3 is 0 Å². The number of carbonyl (C=O) groups excluding carboxylic acids is 1. The van der Waals surface area contributed by atoms with Gasteiger partial charge in [-0.15, -0.1) is 0 Å². The molecule has 0 saturated heterocycles. The molecule has 3 unspecified atom stereocenters. The summed E-state index contributed by atoms with van der Waals surface area (Å²) in [6.45, 7) is 5.20. The van der Waals surface area contributed by atoms with Crippen LogP contribution in [0.15, 0.2) is 22.7 Å². The molecular weight excluding hydrogens is 346 g/mol. The number of aliphatic hydroxyl groups excluding tert-OH is 1. The Hall–Kier alpha value is -0.780. The van der Waals surface area contributed by atoms with Gasteiger partial charge in [0.25, 0.3) is 5.91 Å². The van der Waals surface area contributed by atoms with Gasteiger partial charge in [-0.25, -0.2) is 0 Å². The summed E-state index contributed by atoms with van der Waals surface area (Å²) < 4.78 is 6.28. The summed E-state index contributed by atoms with van der Waals surface area (Å²) >= 11 is 9.18. The fourth-order valence-corrected chi connectivity index (χ4v) is 2.52. The third-order valence-electron chi connectivity index (χ3n) is 2.65. The number of aliphatic hydroxyl groups is 1. The summed E-state index contributed by atoms with van der Waals surface area (Å²) in [5.41, 5.74) is 0. The second kappa shape index (κ2) is 7.86. The van der Waals surface area contributed by atoms with E-state index in [1.165, 1.54) is 0 Å². The molecule has 1 amide bonds. The van der Waals surface area contributed by atoms with Gasteiger partial charge in [0.1, 0.15) is 5.75 Å². The number of hydrogen-bond acceptors (Lipinski definition) is 3. The average molecular weight is 365 g/mol. The van der Waals surface area contributed by atoms with Crippen LogP contribution in [0.1, 0.15) is 27.2 Å². The molecule has 0 aliphatic rings. The average Bonchev–Trinajstić information content (AvgIpc) is 2.31. The number of rotatable bonds is 6. The van der Waals surface area contributed by atoms with E-state index in [4.69, 9.17) is 16.3 Å². The summed E-state index contributed by atoms with van der Waals surface area (Å²) in [5, 5.41) is 12.7. The number of hydrogen-bond donors (Lipinski definition) is 2. The van der Waals surface area contributed by atoms with Gasteiger partial charge in [-0.1, -0.05) is 11.6 Å². The van der Waals surface area contributed by atoms with Crippen LogP contribution in [-0.4, -0.2) is 29.3 Å². The molecule has 20 heavy (non-hydrogen) atoms. The van der Waals surface area contributed by atoms with E-state index >= 15 is 0 Å². The van der Waals surface area contributed by atoms with E-state index in [9.17, 15) is 9.90 Å². The van der Waals surface area contributed by atoms with E-state index in [2.05, 4.69) is 21.2 Å². The monoisotopic (exact) mass is 363 g/mol. The standard InChI is InChI=1S/C14H19BrClNO3/c1-8(6-9(2)18)17-14(19)10(3)20-13-5-4-11(16)7-12(13)15/h4-5,7-10,18H,6H2,1-3H3,(H,17,19). The summed E-state index contributed by atoms with van der Waals surface area (Å²) in [5.74, 6) is 0.334. The molecule has 0 aliphatic carbocycles. The van der Waals surface area contributed by atoms with Crippen molar-refractivity contribution in [3.63, 3.8) is 0 Å². The van der Waals surface area contributed by atoms with E-state index in [1.54, 1.807) is 32.0 Å². The van der Waals surface area contributed by atoms with Gasteiger partial charge in [0.15, 0.2) is 6.10 Å². The van der Waals surface area contributed by atoms with Gasteiger partial charge in [0, 0.05) is 11.1 Å². The number of benzene rings is 1. The minimum atomic E-state index is -0.635. The summed E-state index contributed by atoms with van der Waals surface area (Å²) in [4.78, 5) is 12.0. The zero-order valence-electron chi connectivity index (χ0n) is 11.7. The van der Waals surface area contributed by atoms with Gasteiger partial charge in [-0.05, 0) is 61.3 Å². The zero-order chi connectivity index (χ0) is 15.3. The fourth-order valence-electron chi connectivity index (χ4n) is 1.75. The minimum absolute atomic E-state index is 0.109. The normalized spacial score (nSPS) is 15.3. The first-order valence-corrected chi connectivity index (χ1v) is 7.57. The van der Waals surface area contributed by atoms with Crippen molar-refractivity contribution in [2.24, 2.45) is 0 Å². The SMILES string of the molecule is CC(O)CC(C)NC(=O)C(C)Oc1ccc(Cl)cc1Br. The number of ether oxygens (including phenoxy) is 1. The predicted octanol–water partition coefficient (Wildman–Crippen LogP) is 3.15. The highest BCUT2D eigenvalue weighted by Crippen LogP contribution is 2.28. The Morgan fingerprint density at radius 3 is 2.65 bits per heavy atom. The van der Waals surface area contributed by atoms with Gasteiger partial charge in [-0.3, -0.25) is 4.79 Å². The van der Waals surface area contributed by atoms with Crippen LogP contribution in [0.2, 0.25) is 5.02 Å². The Bertz CT molecular complexity index is 468. The number of amides is 1. The molecule has 0 aliphatic heterocycles. The molecular formula is C14H19BrClNO3. The minimum Gasteiger partial charge on any atom is -0.480 e. The molecule has 0 aromatic heterocycles. The second-order valence-electron chi connectivity index (χ2n) is 4.83. The molecule has 1 aromatic rings. The van der Waals surface area contributed by atoms with E-state index in [-0.39, 0.29) is 11.9 Å². The van der Waals surface area contributed by atoms with Crippen molar-refractivity contribution < 1.29 is 14.6 Å². The summed E-state index contributed by atoms with van der Waals surface area (Å²) in [6, 6.07) is 5.00. The molecule has 0 spiro atoms. The third kappa shape index (κ3) is 5.69. The molecule has 0 heterocycles. The van der Waals surface area contributed by atoms with E-state index < -0.39 is 12.2 Å². The van der Waals surface area contributed by atoms with Crippen molar-refractivity contribution in [1.82, 2.24) is 5.32 Å². The van der Waals surface area contributed by atoms with Crippen LogP contribution in [0.3, 0.4) is 0 Å². The topological polar surface area (TPSA) is 58.6 Å². The molecule has 0 fully saturated rings. The maximum atomic E-state index is 12.0. The highest BCUT2D eigenvalue weighted by atomic mass is 79.9. The maximum absolute atomic E-state index is 12.0. The largest absolute Gasteiger partial charge is 0.480 e. The molecule has 0 radical (unpaired) electrons. The second-order valence-corrected chi connectivity index (χ2v) is 6.12. The van der Waals surface area contributed by atoms with Crippen molar-refractivity contribution >= 4 is 33.4 Å². The van der Waals surface area contributed by atoms with Crippen LogP contribution < -0.4 is 10.1 Å². The van der Waals surface area contributed by atoms with Gasteiger partial charge in [-0.2, -0.15) is 0 Å². The van der Waals surface area contributed by atoms with Crippen molar-refractivity contribution in [3.8, 4) is 5.75 Å². The smallest absolute Gasteiger partial charge is 0.260 e. The molecule has 112 valence electrons. The number of nitrogens with one attached hydrogen (secondary N) is 1. The van der Waals surface area contributed by atoms with E-state index in [1.807, 2.05) is 6.92 Å². The first kappa shape index (κ1) is 17.3. The number of carbonyl (C=O) groups is 1. The first-order valence-electron chi connectivity index (χ1n) is 6.39. The highest BCUT2D eigenvalue weighted by molar-refractivity contribution is 9.10. The van der Waals surface area contributed by atoms with Crippen LogP contribution in [-0.2, 0) is 4.79 Å². The molecule has 1 rings (SSSR count). The quantitative estimate of drug-likeness (QED) is 0.815. The molecule has 3 atom stereocenters. The predicted molar refractivity (Wildman–Crippen MR) is 83.1 cm³/mol. The van der Waals surface area contributed by atoms with Crippen molar-refractivity contribution in [2.45, 2.75) is 45.4 Å².